The van der Waals surface area contributed by atoms with Crippen LogP contribution in [0.25, 0.3) is 10.9 Å². The summed E-state index contributed by atoms with van der Waals surface area (Å²) in [5.41, 5.74) is 2.72. The molecule has 0 atom stereocenters. The Morgan fingerprint density at radius 3 is 2.88 bits per heavy atom. The van der Waals surface area contributed by atoms with Crippen molar-refractivity contribution in [3.63, 3.8) is 0 Å². The maximum Gasteiger partial charge on any atom is 0.0482 e. The van der Waals surface area contributed by atoms with E-state index in [0.29, 0.717) is 0 Å². The maximum atomic E-state index is 3.36. The lowest BCUT2D eigenvalue weighted by molar-refractivity contribution is 0.596. The highest BCUT2D eigenvalue weighted by Crippen LogP contribution is 2.19. The minimum atomic E-state index is 1.06. The van der Waals surface area contributed by atoms with E-state index in [1.54, 1.807) is 0 Å². The van der Waals surface area contributed by atoms with Crippen molar-refractivity contribution < 1.29 is 0 Å². The Labute approximate surface area is 97.3 Å². The predicted molar refractivity (Wildman–Crippen MR) is 69.8 cm³/mol. The molecule has 0 radical (unpaired) electrons. The van der Waals surface area contributed by atoms with Gasteiger partial charge in [-0.15, -0.1) is 0 Å². The molecule has 1 heterocycles. The number of benzene rings is 1. The number of nitrogens with zero attached hydrogens (tertiary/aromatic N) is 1. The molecule has 1 N–H and O–H groups in total. The van der Waals surface area contributed by atoms with Crippen molar-refractivity contribution in [2.75, 3.05) is 13.1 Å². The molecule has 2 rings (SSSR count). The highest BCUT2D eigenvalue weighted by molar-refractivity contribution is 5.81. The van der Waals surface area contributed by atoms with Crippen molar-refractivity contribution in [3.8, 4) is 0 Å². The molecule has 0 fully saturated rings. The minimum absolute atomic E-state index is 1.06. The summed E-state index contributed by atoms with van der Waals surface area (Å²) >= 11 is 0. The topological polar surface area (TPSA) is 17.0 Å². The first-order valence-electron chi connectivity index (χ1n) is 6.08. The molecule has 16 heavy (non-hydrogen) atoms. The number of rotatable bonds is 5. The van der Waals surface area contributed by atoms with E-state index in [9.17, 15) is 0 Å². The quantitative estimate of drug-likeness (QED) is 0.760. The monoisotopic (exact) mass is 216 g/mol. The van der Waals surface area contributed by atoms with Gasteiger partial charge in [0, 0.05) is 17.8 Å². The average molecular weight is 216 g/mol. The molecule has 0 aliphatic rings. The molecule has 86 valence electrons. The molecule has 0 saturated heterocycles. The van der Waals surface area contributed by atoms with Crippen LogP contribution in [0.15, 0.2) is 30.3 Å². The smallest absolute Gasteiger partial charge is 0.0482 e. The largest absolute Gasteiger partial charge is 0.345 e. The summed E-state index contributed by atoms with van der Waals surface area (Å²) in [7, 11) is 0. The van der Waals surface area contributed by atoms with Gasteiger partial charge in [0.1, 0.15) is 0 Å². The van der Waals surface area contributed by atoms with Crippen LogP contribution in [0.3, 0.4) is 0 Å². The first kappa shape index (κ1) is 11.2. The van der Waals surface area contributed by atoms with Gasteiger partial charge in [0.15, 0.2) is 0 Å². The Morgan fingerprint density at radius 2 is 2.06 bits per heavy atom. The van der Waals surface area contributed by atoms with Gasteiger partial charge in [-0.25, -0.2) is 0 Å². The lowest BCUT2D eigenvalue weighted by atomic mass is 10.2. The molecule has 0 bridgehead atoms. The summed E-state index contributed by atoms with van der Waals surface area (Å²) in [5.74, 6) is 0. The van der Waals surface area contributed by atoms with Gasteiger partial charge in [0.2, 0.25) is 0 Å². The van der Waals surface area contributed by atoms with Crippen LogP contribution in [0, 0.1) is 6.92 Å². The number of hydrogen-bond donors (Lipinski definition) is 1. The molecule has 2 aromatic rings. The molecule has 1 aromatic carbocycles. The van der Waals surface area contributed by atoms with Crippen molar-refractivity contribution in [1.29, 1.82) is 0 Å². The second-order valence-corrected chi connectivity index (χ2v) is 4.20. The summed E-state index contributed by atoms with van der Waals surface area (Å²) in [4.78, 5) is 0. The lowest BCUT2D eigenvalue weighted by Gasteiger charge is -2.08. The highest BCUT2D eigenvalue weighted by atomic mass is 15.0. The van der Waals surface area contributed by atoms with Crippen LogP contribution in [0.1, 0.15) is 19.0 Å². The fraction of sp³-hybridized carbons (Fsp3) is 0.429. The van der Waals surface area contributed by atoms with E-state index in [1.165, 1.54) is 23.0 Å². The minimum Gasteiger partial charge on any atom is -0.345 e. The second-order valence-electron chi connectivity index (χ2n) is 4.20. The van der Waals surface area contributed by atoms with E-state index in [1.807, 2.05) is 0 Å². The zero-order chi connectivity index (χ0) is 11.4. The summed E-state index contributed by atoms with van der Waals surface area (Å²) in [6.07, 6.45) is 1.19. The third-order valence-electron chi connectivity index (χ3n) is 3.00. The molecule has 2 heteroatoms. The fourth-order valence-electron chi connectivity index (χ4n) is 2.18. The lowest BCUT2D eigenvalue weighted by Crippen LogP contribution is -2.16. The van der Waals surface area contributed by atoms with Crippen LogP contribution in [0.5, 0.6) is 0 Å². The van der Waals surface area contributed by atoms with Crippen LogP contribution in [0.4, 0.5) is 0 Å². The molecule has 2 nitrogen and oxygen atoms in total. The van der Waals surface area contributed by atoms with Crippen LogP contribution in [-0.4, -0.2) is 17.7 Å². The zero-order valence-electron chi connectivity index (χ0n) is 10.2. The Morgan fingerprint density at radius 1 is 1.25 bits per heavy atom. The van der Waals surface area contributed by atoms with Gasteiger partial charge >= 0.3 is 0 Å². The van der Waals surface area contributed by atoms with Crippen molar-refractivity contribution in [3.05, 3.63) is 36.0 Å². The summed E-state index contributed by atoms with van der Waals surface area (Å²) < 4.78 is 2.41. The highest BCUT2D eigenvalue weighted by Gasteiger charge is 2.03. The predicted octanol–water partition coefficient (Wildman–Crippen LogP) is 2.95. The van der Waals surface area contributed by atoms with Crippen molar-refractivity contribution >= 4 is 10.9 Å². The van der Waals surface area contributed by atoms with Crippen molar-refractivity contribution in [2.45, 2.75) is 26.8 Å². The second kappa shape index (κ2) is 5.17. The molecule has 0 spiro atoms. The third kappa shape index (κ3) is 2.27. The van der Waals surface area contributed by atoms with E-state index in [0.717, 1.165) is 19.6 Å². The number of fused-ring (bicyclic) bond motifs is 1. The average Bonchev–Trinajstić information content (AvgIpc) is 2.61. The number of hydrogen-bond acceptors (Lipinski definition) is 1. The molecular weight excluding hydrogens is 196 g/mol. The van der Waals surface area contributed by atoms with Crippen molar-refractivity contribution in [2.24, 2.45) is 0 Å². The maximum absolute atomic E-state index is 3.36. The molecule has 0 amide bonds. The third-order valence-corrected chi connectivity index (χ3v) is 3.00. The Kier molecular flexibility index (Phi) is 3.62. The first-order chi connectivity index (χ1) is 7.83. The van der Waals surface area contributed by atoms with Crippen LogP contribution >= 0.6 is 0 Å². The molecule has 0 saturated carbocycles. The number of aryl methyl sites for hydroxylation is 2. The van der Waals surface area contributed by atoms with E-state index in [-0.39, 0.29) is 0 Å². The van der Waals surface area contributed by atoms with Gasteiger partial charge in [0.25, 0.3) is 0 Å². The molecule has 1 aromatic heterocycles. The van der Waals surface area contributed by atoms with Crippen LogP contribution in [-0.2, 0) is 6.54 Å². The fourth-order valence-corrected chi connectivity index (χ4v) is 2.18. The Bertz CT molecular complexity index is 457. The van der Waals surface area contributed by atoms with E-state index in [2.05, 4.69) is 54.1 Å². The summed E-state index contributed by atoms with van der Waals surface area (Å²) in [5, 5.41) is 4.72. The normalized spacial score (nSPS) is 11.1. The Hall–Kier alpha value is -1.28. The van der Waals surface area contributed by atoms with Gasteiger partial charge in [-0.2, -0.15) is 0 Å². The summed E-state index contributed by atoms with van der Waals surface area (Å²) in [6, 6.07) is 10.9. The number of nitrogens with one attached hydrogen (secondary N) is 1. The first-order valence-corrected chi connectivity index (χ1v) is 6.08. The number of aromatic nitrogens is 1. The molecule has 0 unspecified atom stereocenters. The van der Waals surface area contributed by atoms with E-state index in [4.69, 9.17) is 0 Å². The van der Waals surface area contributed by atoms with E-state index >= 15 is 0 Å². The number of para-hydroxylation sites is 1. The van der Waals surface area contributed by atoms with Gasteiger partial charge in [-0.3, -0.25) is 0 Å². The summed E-state index contributed by atoms with van der Waals surface area (Å²) in [6.45, 7) is 7.60. The van der Waals surface area contributed by atoms with Crippen LogP contribution in [0.2, 0.25) is 0 Å². The van der Waals surface area contributed by atoms with Crippen LogP contribution < -0.4 is 5.32 Å². The van der Waals surface area contributed by atoms with Gasteiger partial charge in [-0.1, -0.05) is 25.1 Å². The van der Waals surface area contributed by atoms with Gasteiger partial charge in [-0.05, 0) is 44.0 Å². The zero-order valence-corrected chi connectivity index (χ0v) is 10.2. The molecular formula is C14H20N2. The van der Waals surface area contributed by atoms with Gasteiger partial charge < -0.3 is 9.88 Å². The Balaban J connectivity index is 2.13. The van der Waals surface area contributed by atoms with Gasteiger partial charge in [0.05, 0.1) is 0 Å². The molecule has 0 aliphatic heterocycles. The standard InChI is InChI=1S/C14H20N2/c1-3-15-9-6-10-16-12(2)11-13-7-4-5-8-14(13)16/h4-5,7-8,11,15H,3,6,9-10H2,1-2H3. The molecule has 0 aliphatic carbocycles. The van der Waals surface area contributed by atoms with Crippen molar-refractivity contribution in [1.82, 2.24) is 9.88 Å². The van der Waals surface area contributed by atoms with E-state index < -0.39 is 0 Å². The SMILES string of the molecule is CCNCCCn1c(C)cc2ccccc21.